The molecule has 1 aliphatic heterocycles. The molecule has 1 aliphatic rings. The molecule has 1 aromatic rings. The van der Waals surface area contributed by atoms with E-state index in [1.54, 1.807) is 6.92 Å². The largest absolute Gasteiger partial charge is 0.417 e. The molecule has 1 atom stereocenters. The Balaban J connectivity index is 2.20. The van der Waals surface area contributed by atoms with Crippen LogP contribution < -0.4 is 5.32 Å². The first-order chi connectivity index (χ1) is 7.97. The second-order valence-electron chi connectivity index (χ2n) is 4.53. The van der Waals surface area contributed by atoms with Crippen molar-refractivity contribution < 1.29 is 13.2 Å². The Hall–Kier alpha value is -1.10. The lowest BCUT2D eigenvalue weighted by Crippen LogP contribution is -2.13. The maximum absolute atomic E-state index is 12.6. The minimum atomic E-state index is -4.30. The summed E-state index contributed by atoms with van der Waals surface area (Å²) in [5.41, 5.74) is 0.766. The topological polar surface area (TPSA) is 24.9 Å². The van der Waals surface area contributed by atoms with E-state index in [1.165, 1.54) is 6.07 Å². The molecule has 0 aliphatic carbocycles. The summed E-state index contributed by atoms with van der Waals surface area (Å²) < 4.78 is 37.7. The molecule has 2 heterocycles. The van der Waals surface area contributed by atoms with E-state index in [2.05, 4.69) is 10.3 Å². The lowest BCUT2D eigenvalue weighted by atomic mass is 9.97. The zero-order valence-corrected chi connectivity index (χ0v) is 9.64. The van der Waals surface area contributed by atoms with Crippen molar-refractivity contribution in [3.05, 3.63) is 29.1 Å². The minimum Gasteiger partial charge on any atom is -0.316 e. The molecule has 0 amide bonds. The highest BCUT2D eigenvalue weighted by Crippen LogP contribution is 2.30. The van der Waals surface area contributed by atoms with Gasteiger partial charge in [-0.1, -0.05) is 0 Å². The van der Waals surface area contributed by atoms with Crippen LogP contribution >= 0.6 is 0 Å². The molecule has 94 valence electrons. The molecule has 1 fully saturated rings. The summed E-state index contributed by atoms with van der Waals surface area (Å²) in [5, 5.41) is 3.21. The Morgan fingerprint density at radius 2 is 2.24 bits per heavy atom. The van der Waals surface area contributed by atoms with Gasteiger partial charge >= 0.3 is 6.18 Å². The number of nitrogens with one attached hydrogen (secondary N) is 1. The van der Waals surface area contributed by atoms with Gasteiger partial charge in [0.05, 0.1) is 5.56 Å². The van der Waals surface area contributed by atoms with Gasteiger partial charge in [0.25, 0.3) is 0 Å². The van der Waals surface area contributed by atoms with Crippen molar-refractivity contribution in [1.29, 1.82) is 0 Å². The van der Waals surface area contributed by atoms with Crippen molar-refractivity contribution in [3.8, 4) is 0 Å². The number of nitrogens with zero attached hydrogens (tertiary/aromatic N) is 1. The molecular formula is C12H15F3N2. The smallest absolute Gasteiger partial charge is 0.316 e. The number of alkyl halides is 3. The van der Waals surface area contributed by atoms with Crippen molar-refractivity contribution >= 4 is 0 Å². The van der Waals surface area contributed by atoms with E-state index >= 15 is 0 Å². The molecular weight excluding hydrogens is 229 g/mol. The Morgan fingerprint density at radius 1 is 1.47 bits per heavy atom. The normalized spacial score (nSPS) is 20.8. The quantitative estimate of drug-likeness (QED) is 0.864. The molecule has 1 unspecified atom stereocenters. The second kappa shape index (κ2) is 4.64. The van der Waals surface area contributed by atoms with Crippen LogP contribution in [0.4, 0.5) is 13.2 Å². The standard InChI is InChI=1S/C12H15F3N2/c1-8-10(4-9-2-3-16-6-9)5-11(7-17-8)12(13,14)15/h5,7,9,16H,2-4,6H2,1H3. The van der Waals surface area contributed by atoms with E-state index in [4.69, 9.17) is 0 Å². The highest BCUT2D eigenvalue weighted by molar-refractivity contribution is 5.27. The summed E-state index contributed by atoms with van der Waals surface area (Å²) in [7, 11) is 0. The Labute approximate surface area is 98.2 Å². The van der Waals surface area contributed by atoms with Gasteiger partial charge in [0.2, 0.25) is 0 Å². The van der Waals surface area contributed by atoms with Gasteiger partial charge in [-0.3, -0.25) is 4.98 Å². The van der Waals surface area contributed by atoms with E-state index in [1.807, 2.05) is 0 Å². The number of hydrogen-bond donors (Lipinski definition) is 1. The number of hydrogen-bond acceptors (Lipinski definition) is 2. The van der Waals surface area contributed by atoms with Crippen molar-refractivity contribution in [2.24, 2.45) is 5.92 Å². The van der Waals surface area contributed by atoms with Crippen LogP contribution in [-0.2, 0) is 12.6 Å². The highest BCUT2D eigenvalue weighted by atomic mass is 19.4. The van der Waals surface area contributed by atoms with Crippen molar-refractivity contribution in [2.45, 2.75) is 25.9 Å². The maximum atomic E-state index is 12.6. The Bertz CT molecular complexity index is 395. The molecule has 0 saturated carbocycles. The molecule has 1 N–H and O–H groups in total. The van der Waals surface area contributed by atoms with Gasteiger partial charge in [0.15, 0.2) is 0 Å². The van der Waals surface area contributed by atoms with E-state index in [-0.39, 0.29) is 0 Å². The Morgan fingerprint density at radius 3 is 2.82 bits per heavy atom. The van der Waals surface area contributed by atoms with Crippen LogP contribution in [-0.4, -0.2) is 18.1 Å². The van der Waals surface area contributed by atoms with E-state index in [9.17, 15) is 13.2 Å². The van der Waals surface area contributed by atoms with Gasteiger partial charge in [-0.15, -0.1) is 0 Å². The number of rotatable bonds is 2. The van der Waals surface area contributed by atoms with Crippen LogP contribution in [0.3, 0.4) is 0 Å². The molecule has 1 saturated heterocycles. The van der Waals surface area contributed by atoms with Crippen LogP contribution in [0, 0.1) is 12.8 Å². The Kier molecular flexibility index (Phi) is 3.38. The van der Waals surface area contributed by atoms with E-state index in [0.717, 1.165) is 25.7 Å². The lowest BCUT2D eigenvalue weighted by Gasteiger charge is -2.13. The average Bonchev–Trinajstić information content (AvgIpc) is 2.72. The SMILES string of the molecule is Cc1ncc(C(F)(F)F)cc1CC1CCNC1. The first kappa shape index (κ1) is 12.4. The third kappa shape index (κ3) is 2.97. The van der Waals surface area contributed by atoms with Gasteiger partial charge in [0.1, 0.15) is 0 Å². The molecule has 17 heavy (non-hydrogen) atoms. The highest BCUT2D eigenvalue weighted by Gasteiger charge is 2.31. The van der Waals surface area contributed by atoms with Crippen molar-refractivity contribution in [2.75, 3.05) is 13.1 Å². The monoisotopic (exact) mass is 244 g/mol. The maximum Gasteiger partial charge on any atom is 0.417 e. The summed E-state index contributed by atoms with van der Waals surface area (Å²) in [6, 6.07) is 1.24. The van der Waals surface area contributed by atoms with Gasteiger partial charge in [-0.05, 0) is 50.4 Å². The van der Waals surface area contributed by atoms with E-state index in [0.29, 0.717) is 23.6 Å². The zero-order chi connectivity index (χ0) is 12.5. The van der Waals surface area contributed by atoms with Gasteiger partial charge in [0, 0.05) is 11.9 Å². The second-order valence-corrected chi connectivity index (χ2v) is 4.53. The fourth-order valence-electron chi connectivity index (χ4n) is 2.14. The fourth-order valence-corrected chi connectivity index (χ4v) is 2.14. The first-order valence-corrected chi connectivity index (χ1v) is 5.70. The van der Waals surface area contributed by atoms with Gasteiger partial charge < -0.3 is 5.32 Å². The number of aryl methyl sites for hydroxylation is 1. The summed E-state index contributed by atoms with van der Waals surface area (Å²) in [6.45, 7) is 3.60. The third-order valence-corrected chi connectivity index (χ3v) is 3.19. The molecule has 2 rings (SSSR count). The molecule has 0 aromatic carbocycles. The molecule has 1 aromatic heterocycles. The summed E-state index contributed by atoms with van der Waals surface area (Å²) >= 11 is 0. The van der Waals surface area contributed by atoms with Crippen LogP contribution in [0.1, 0.15) is 23.2 Å². The zero-order valence-electron chi connectivity index (χ0n) is 9.64. The average molecular weight is 244 g/mol. The van der Waals surface area contributed by atoms with Crippen molar-refractivity contribution in [3.63, 3.8) is 0 Å². The number of pyridine rings is 1. The van der Waals surface area contributed by atoms with E-state index < -0.39 is 11.7 Å². The molecule has 2 nitrogen and oxygen atoms in total. The predicted octanol–water partition coefficient (Wildman–Crippen LogP) is 2.56. The van der Waals surface area contributed by atoms with Crippen LogP contribution in [0.15, 0.2) is 12.3 Å². The molecule has 0 spiro atoms. The predicted molar refractivity (Wildman–Crippen MR) is 58.7 cm³/mol. The molecule has 5 heteroatoms. The fraction of sp³-hybridized carbons (Fsp3) is 0.583. The summed E-state index contributed by atoms with van der Waals surface area (Å²) in [6.07, 6.45) is -1.69. The molecule has 0 bridgehead atoms. The van der Waals surface area contributed by atoms with Crippen LogP contribution in [0.5, 0.6) is 0 Å². The molecule has 0 radical (unpaired) electrons. The van der Waals surface area contributed by atoms with Crippen LogP contribution in [0.2, 0.25) is 0 Å². The summed E-state index contributed by atoms with van der Waals surface area (Å²) in [4.78, 5) is 3.85. The van der Waals surface area contributed by atoms with Gasteiger partial charge in [-0.2, -0.15) is 13.2 Å². The number of halogens is 3. The third-order valence-electron chi connectivity index (χ3n) is 3.19. The minimum absolute atomic E-state index is 0.430. The lowest BCUT2D eigenvalue weighted by molar-refractivity contribution is -0.137. The number of aromatic nitrogens is 1. The van der Waals surface area contributed by atoms with Crippen LogP contribution in [0.25, 0.3) is 0 Å². The van der Waals surface area contributed by atoms with Crippen molar-refractivity contribution in [1.82, 2.24) is 10.3 Å². The first-order valence-electron chi connectivity index (χ1n) is 5.70. The van der Waals surface area contributed by atoms with Gasteiger partial charge in [-0.25, -0.2) is 0 Å². The summed E-state index contributed by atoms with van der Waals surface area (Å²) in [5.74, 6) is 0.430.